The number of anilines is 1. The minimum Gasteiger partial charge on any atom is -0.350 e. The number of carbonyl (C=O) groups excluding carboxylic acids is 2. The highest BCUT2D eigenvalue weighted by atomic mass is 35.5. The van der Waals surface area contributed by atoms with Crippen LogP contribution in [0.3, 0.4) is 0 Å². The standard InChI is InChI=1S/C29H32Cl3N3O4S/c1-19-9-6-7-12-26(19)35(40(38,39)22-15-13-21(30)14-16-22)18-27(36)34(20(2)28(37)33-29(3,4)5)17-23-24(31)10-8-11-25(23)32/h6-16,20H,17-18H2,1-5H3,(H,33,37)/t20-/m0/s1. The van der Waals surface area contributed by atoms with Crippen LogP contribution in [0.15, 0.2) is 71.6 Å². The van der Waals surface area contributed by atoms with Gasteiger partial charge >= 0.3 is 0 Å². The maximum atomic E-state index is 14.0. The van der Waals surface area contributed by atoms with Gasteiger partial charge in [-0.1, -0.05) is 59.1 Å². The molecular formula is C29H32Cl3N3O4S. The molecule has 3 aromatic rings. The predicted octanol–water partition coefficient (Wildman–Crippen LogP) is 6.48. The van der Waals surface area contributed by atoms with Gasteiger partial charge in [0.15, 0.2) is 0 Å². The van der Waals surface area contributed by atoms with Crippen LogP contribution in [0.25, 0.3) is 0 Å². The first-order valence-corrected chi connectivity index (χ1v) is 15.1. The largest absolute Gasteiger partial charge is 0.350 e. The van der Waals surface area contributed by atoms with Crippen molar-refractivity contribution in [2.75, 3.05) is 10.8 Å². The van der Waals surface area contributed by atoms with Crippen LogP contribution < -0.4 is 9.62 Å². The molecule has 7 nitrogen and oxygen atoms in total. The van der Waals surface area contributed by atoms with Crippen molar-refractivity contribution in [2.45, 2.75) is 57.6 Å². The highest BCUT2D eigenvalue weighted by Crippen LogP contribution is 2.30. The van der Waals surface area contributed by atoms with E-state index in [-0.39, 0.29) is 11.4 Å². The van der Waals surface area contributed by atoms with E-state index in [1.807, 2.05) is 20.8 Å². The number of para-hydroxylation sites is 1. The van der Waals surface area contributed by atoms with Crippen molar-refractivity contribution in [2.24, 2.45) is 0 Å². The lowest BCUT2D eigenvalue weighted by Gasteiger charge is -2.34. The van der Waals surface area contributed by atoms with Gasteiger partial charge in [0.2, 0.25) is 11.8 Å². The minimum absolute atomic E-state index is 0.0350. The first-order valence-electron chi connectivity index (χ1n) is 12.5. The monoisotopic (exact) mass is 623 g/mol. The number of benzene rings is 3. The Hall–Kier alpha value is -2.78. The van der Waals surface area contributed by atoms with Gasteiger partial charge in [0.1, 0.15) is 12.6 Å². The number of aryl methyl sites for hydroxylation is 1. The number of amides is 2. The smallest absolute Gasteiger partial charge is 0.264 e. The van der Waals surface area contributed by atoms with E-state index in [9.17, 15) is 18.0 Å². The maximum absolute atomic E-state index is 14.0. The van der Waals surface area contributed by atoms with Crippen molar-refractivity contribution in [1.82, 2.24) is 10.2 Å². The molecule has 1 N–H and O–H groups in total. The first kappa shape index (κ1) is 31.7. The number of halogens is 3. The Bertz CT molecular complexity index is 1470. The molecule has 0 saturated heterocycles. The van der Waals surface area contributed by atoms with Gasteiger partial charge in [0.25, 0.3) is 10.0 Å². The van der Waals surface area contributed by atoms with Gasteiger partial charge in [-0.25, -0.2) is 8.42 Å². The Morgan fingerprint density at radius 1 is 0.900 bits per heavy atom. The molecule has 11 heteroatoms. The topological polar surface area (TPSA) is 86.8 Å². The van der Waals surface area contributed by atoms with Gasteiger partial charge in [0.05, 0.1) is 10.6 Å². The summed E-state index contributed by atoms with van der Waals surface area (Å²) in [6.07, 6.45) is 0. The first-order chi connectivity index (χ1) is 18.6. The number of hydrogen-bond acceptors (Lipinski definition) is 4. The highest BCUT2D eigenvalue weighted by Gasteiger charge is 2.34. The second-order valence-electron chi connectivity index (χ2n) is 10.4. The molecule has 0 fully saturated rings. The molecule has 0 unspecified atom stereocenters. The molecule has 3 aromatic carbocycles. The number of rotatable bonds is 9. The zero-order valence-electron chi connectivity index (χ0n) is 22.9. The summed E-state index contributed by atoms with van der Waals surface area (Å²) >= 11 is 18.8. The second-order valence-corrected chi connectivity index (χ2v) is 13.5. The van der Waals surface area contributed by atoms with Crippen molar-refractivity contribution in [3.8, 4) is 0 Å². The van der Waals surface area contributed by atoms with E-state index in [1.165, 1.54) is 29.2 Å². The third kappa shape index (κ3) is 7.69. The van der Waals surface area contributed by atoms with E-state index >= 15 is 0 Å². The summed E-state index contributed by atoms with van der Waals surface area (Å²) in [6.45, 7) is 8.12. The van der Waals surface area contributed by atoms with E-state index in [4.69, 9.17) is 34.8 Å². The van der Waals surface area contributed by atoms with Crippen molar-refractivity contribution < 1.29 is 18.0 Å². The van der Waals surface area contributed by atoms with Crippen LogP contribution in [0, 0.1) is 6.92 Å². The lowest BCUT2D eigenvalue weighted by Crippen LogP contribution is -2.54. The van der Waals surface area contributed by atoms with Crippen LogP contribution in [0.5, 0.6) is 0 Å². The number of nitrogens with zero attached hydrogens (tertiary/aromatic N) is 2. The second kappa shape index (κ2) is 12.8. The average Bonchev–Trinajstić information content (AvgIpc) is 2.86. The maximum Gasteiger partial charge on any atom is 0.264 e. The molecule has 3 rings (SSSR count). The molecule has 0 radical (unpaired) electrons. The molecule has 214 valence electrons. The average molecular weight is 625 g/mol. The van der Waals surface area contributed by atoms with Crippen LogP contribution in [0.4, 0.5) is 5.69 Å². The molecule has 1 atom stereocenters. The third-order valence-corrected chi connectivity index (χ3v) is 8.85. The summed E-state index contributed by atoms with van der Waals surface area (Å²) < 4.78 is 28.9. The molecule has 0 aliphatic rings. The molecule has 0 saturated carbocycles. The Morgan fingerprint density at radius 2 is 1.48 bits per heavy atom. The van der Waals surface area contributed by atoms with E-state index in [2.05, 4.69) is 5.32 Å². The van der Waals surface area contributed by atoms with E-state index in [1.54, 1.807) is 56.3 Å². The molecule has 0 aromatic heterocycles. The van der Waals surface area contributed by atoms with Gasteiger partial charge < -0.3 is 10.2 Å². The molecule has 0 spiro atoms. The highest BCUT2D eigenvalue weighted by molar-refractivity contribution is 7.92. The van der Waals surface area contributed by atoms with E-state index in [0.29, 0.717) is 31.9 Å². The Labute approximate surface area is 251 Å². The van der Waals surface area contributed by atoms with Crippen molar-refractivity contribution >= 4 is 62.3 Å². The molecule has 40 heavy (non-hydrogen) atoms. The molecule has 0 aliphatic heterocycles. The molecule has 0 aliphatic carbocycles. The minimum atomic E-state index is -4.21. The Kier molecular flexibility index (Phi) is 10.2. The zero-order chi connectivity index (χ0) is 29.8. The predicted molar refractivity (Wildman–Crippen MR) is 162 cm³/mol. The van der Waals surface area contributed by atoms with Gasteiger partial charge in [-0.2, -0.15) is 0 Å². The van der Waals surface area contributed by atoms with Crippen LogP contribution in [0.2, 0.25) is 15.1 Å². The zero-order valence-corrected chi connectivity index (χ0v) is 26.0. The van der Waals surface area contributed by atoms with Gasteiger partial charge in [0, 0.05) is 32.7 Å². The fraction of sp³-hybridized carbons (Fsp3) is 0.310. The number of hydrogen-bond donors (Lipinski definition) is 1. The normalized spacial score (nSPS) is 12.5. The van der Waals surface area contributed by atoms with E-state index < -0.39 is 40.0 Å². The Balaban J connectivity index is 2.09. The van der Waals surface area contributed by atoms with Gasteiger partial charge in [-0.05, 0) is 82.6 Å². The number of carbonyl (C=O) groups is 2. The summed E-state index contributed by atoms with van der Waals surface area (Å²) in [5.41, 5.74) is 0.852. The Morgan fingerprint density at radius 3 is 2.02 bits per heavy atom. The fourth-order valence-electron chi connectivity index (χ4n) is 4.00. The van der Waals surface area contributed by atoms with Crippen LogP contribution >= 0.6 is 34.8 Å². The summed E-state index contributed by atoms with van der Waals surface area (Å²) in [4.78, 5) is 28.5. The van der Waals surface area contributed by atoms with Crippen molar-refractivity contribution in [1.29, 1.82) is 0 Å². The molecule has 0 heterocycles. The number of nitrogens with one attached hydrogen (secondary N) is 1. The van der Waals surface area contributed by atoms with Crippen molar-refractivity contribution in [3.63, 3.8) is 0 Å². The van der Waals surface area contributed by atoms with E-state index in [0.717, 1.165) is 4.31 Å². The van der Waals surface area contributed by atoms with Gasteiger partial charge in [-0.15, -0.1) is 0 Å². The van der Waals surface area contributed by atoms with Crippen LogP contribution in [-0.4, -0.2) is 43.3 Å². The van der Waals surface area contributed by atoms with Crippen molar-refractivity contribution in [3.05, 3.63) is 92.9 Å². The molecule has 2 amide bonds. The lowest BCUT2D eigenvalue weighted by atomic mass is 10.1. The fourth-order valence-corrected chi connectivity index (χ4v) is 6.12. The quantitative estimate of drug-likeness (QED) is 0.295. The molecular weight excluding hydrogens is 593 g/mol. The van der Waals surface area contributed by atoms with Crippen LogP contribution in [0.1, 0.15) is 38.8 Å². The lowest BCUT2D eigenvalue weighted by molar-refractivity contribution is -0.140. The summed E-state index contributed by atoms with van der Waals surface area (Å²) in [7, 11) is -4.21. The molecule has 0 bridgehead atoms. The van der Waals surface area contributed by atoms with Crippen LogP contribution in [-0.2, 0) is 26.2 Å². The van der Waals surface area contributed by atoms with Gasteiger partial charge in [-0.3, -0.25) is 13.9 Å². The number of sulfonamides is 1. The summed E-state index contributed by atoms with van der Waals surface area (Å²) in [5.74, 6) is -1.03. The SMILES string of the molecule is Cc1ccccc1N(CC(=O)N(Cc1c(Cl)cccc1Cl)[C@@H](C)C(=O)NC(C)(C)C)S(=O)(=O)c1ccc(Cl)cc1. The summed E-state index contributed by atoms with van der Waals surface area (Å²) in [6, 6.07) is 16.5. The summed E-state index contributed by atoms with van der Waals surface area (Å²) in [5, 5.41) is 3.89. The third-order valence-electron chi connectivity index (χ3n) is 6.12.